The second-order valence-corrected chi connectivity index (χ2v) is 7.29. The van der Waals surface area contributed by atoms with E-state index in [2.05, 4.69) is 0 Å². The lowest BCUT2D eigenvalue weighted by molar-refractivity contribution is -0.142. The van der Waals surface area contributed by atoms with Crippen molar-refractivity contribution in [3.8, 4) is 23.0 Å². The van der Waals surface area contributed by atoms with E-state index in [9.17, 15) is 9.59 Å². The molecular formula is C23H26O6. The summed E-state index contributed by atoms with van der Waals surface area (Å²) in [5.74, 6) is 1.32. The van der Waals surface area contributed by atoms with Gasteiger partial charge in [-0.1, -0.05) is 0 Å². The van der Waals surface area contributed by atoms with Gasteiger partial charge in [-0.15, -0.1) is 0 Å². The summed E-state index contributed by atoms with van der Waals surface area (Å²) in [7, 11) is 4.58. The first-order chi connectivity index (χ1) is 13.7. The summed E-state index contributed by atoms with van der Waals surface area (Å²) in [5, 5.41) is 0. The van der Waals surface area contributed by atoms with Crippen LogP contribution < -0.4 is 18.9 Å². The predicted octanol–water partition coefficient (Wildman–Crippen LogP) is 4.56. The number of benzene rings is 2. The van der Waals surface area contributed by atoms with Gasteiger partial charge in [-0.05, 0) is 69.3 Å². The third-order valence-corrected chi connectivity index (χ3v) is 4.11. The van der Waals surface area contributed by atoms with Crippen LogP contribution in [0.1, 0.15) is 36.7 Å². The Morgan fingerprint density at radius 3 is 1.97 bits per heavy atom. The molecule has 0 fully saturated rings. The normalized spacial score (nSPS) is 11.2. The minimum Gasteiger partial charge on any atom is -0.493 e. The van der Waals surface area contributed by atoms with Crippen molar-refractivity contribution < 1.29 is 28.5 Å². The maximum Gasteiger partial charge on any atom is 0.316 e. The molecule has 2 rings (SSSR count). The number of esters is 1. The molecule has 2 aromatic rings. The quantitative estimate of drug-likeness (QED) is 0.295. The summed E-state index contributed by atoms with van der Waals surface area (Å²) in [5.41, 5.74) is 0.542. The molecule has 6 heteroatoms. The largest absolute Gasteiger partial charge is 0.493 e. The summed E-state index contributed by atoms with van der Waals surface area (Å²) in [4.78, 5) is 24.4. The lowest BCUT2D eigenvalue weighted by atomic mass is 9.97. The highest BCUT2D eigenvalue weighted by molar-refractivity contribution is 6.07. The fourth-order valence-corrected chi connectivity index (χ4v) is 2.46. The fraction of sp³-hybridized carbons (Fsp3) is 0.304. The van der Waals surface area contributed by atoms with E-state index in [1.165, 1.54) is 20.3 Å². The first kappa shape index (κ1) is 22.0. The van der Waals surface area contributed by atoms with Gasteiger partial charge in [-0.25, -0.2) is 0 Å². The summed E-state index contributed by atoms with van der Waals surface area (Å²) in [6.07, 6.45) is 3.09. The predicted molar refractivity (Wildman–Crippen MR) is 111 cm³/mol. The molecule has 6 nitrogen and oxygen atoms in total. The molecule has 0 heterocycles. The summed E-state index contributed by atoms with van der Waals surface area (Å²) >= 11 is 0. The molecule has 154 valence electrons. The molecule has 0 N–H and O–H groups in total. The van der Waals surface area contributed by atoms with E-state index < -0.39 is 5.41 Å². The Kier molecular flexibility index (Phi) is 7.04. The van der Waals surface area contributed by atoms with Crippen LogP contribution in [0.25, 0.3) is 6.08 Å². The van der Waals surface area contributed by atoms with Crippen molar-refractivity contribution in [3.05, 3.63) is 53.6 Å². The van der Waals surface area contributed by atoms with Crippen LogP contribution in [0.4, 0.5) is 0 Å². The zero-order valence-corrected chi connectivity index (χ0v) is 17.6. The van der Waals surface area contributed by atoms with Crippen molar-refractivity contribution in [1.82, 2.24) is 0 Å². The summed E-state index contributed by atoms with van der Waals surface area (Å²) < 4.78 is 21.3. The van der Waals surface area contributed by atoms with Gasteiger partial charge in [-0.2, -0.15) is 0 Å². The first-order valence-electron chi connectivity index (χ1n) is 9.05. The molecule has 0 aliphatic rings. The Hall–Kier alpha value is -3.28. The lowest BCUT2D eigenvalue weighted by Gasteiger charge is -2.16. The Bertz CT molecular complexity index is 904. The minimum absolute atomic E-state index is 0.199. The Balaban J connectivity index is 2.18. The van der Waals surface area contributed by atoms with Crippen LogP contribution in [-0.4, -0.2) is 33.1 Å². The lowest BCUT2D eigenvalue weighted by Crippen LogP contribution is -2.25. The zero-order chi connectivity index (χ0) is 21.6. The standard InChI is InChI=1S/C23H26O6/c1-23(2,3)22(25)29-17-11-7-15(8-12-17)18(24)13-9-16-10-14-19(26-4)21(28-6)20(16)27-5/h7-14H,1-6H3. The van der Waals surface area contributed by atoms with E-state index in [-0.39, 0.29) is 11.8 Å². The molecule has 0 aliphatic heterocycles. The number of methoxy groups -OCH3 is 3. The number of carbonyl (C=O) groups excluding carboxylic acids is 2. The van der Waals surface area contributed by atoms with E-state index in [0.29, 0.717) is 34.1 Å². The molecule has 0 aliphatic carbocycles. The van der Waals surface area contributed by atoms with Gasteiger partial charge in [0.05, 0.1) is 26.7 Å². The van der Waals surface area contributed by atoms with Crippen molar-refractivity contribution in [2.75, 3.05) is 21.3 Å². The average Bonchev–Trinajstić information content (AvgIpc) is 2.70. The van der Waals surface area contributed by atoms with Gasteiger partial charge in [0.15, 0.2) is 17.3 Å². The first-order valence-corrected chi connectivity index (χ1v) is 9.05. The smallest absolute Gasteiger partial charge is 0.316 e. The molecule has 0 radical (unpaired) electrons. The van der Waals surface area contributed by atoms with Gasteiger partial charge in [0, 0.05) is 11.1 Å². The van der Waals surface area contributed by atoms with Crippen LogP contribution in [-0.2, 0) is 4.79 Å². The molecule has 0 unspecified atom stereocenters. The minimum atomic E-state index is -0.601. The number of hydrogen-bond acceptors (Lipinski definition) is 6. The third kappa shape index (κ3) is 5.38. The number of ketones is 1. The van der Waals surface area contributed by atoms with E-state index >= 15 is 0 Å². The van der Waals surface area contributed by atoms with E-state index in [1.807, 2.05) is 0 Å². The summed E-state index contributed by atoms with van der Waals surface area (Å²) in [6, 6.07) is 9.94. The molecule has 0 spiro atoms. The number of carbonyl (C=O) groups is 2. The highest BCUT2D eigenvalue weighted by atomic mass is 16.5. The van der Waals surface area contributed by atoms with E-state index in [4.69, 9.17) is 18.9 Å². The molecule has 0 atom stereocenters. The van der Waals surface area contributed by atoms with Crippen LogP contribution in [0, 0.1) is 5.41 Å². The second-order valence-electron chi connectivity index (χ2n) is 7.29. The Labute approximate surface area is 171 Å². The number of ether oxygens (including phenoxy) is 4. The molecule has 2 aromatic carbocycles. The topological polar surface area (TPSA) is 71.1 Å². The van der Waals surface area contributed by atoms with Gasteiger partial charge in [0.1, 0.15) is 5.75 Å². The monoisotopic (exact) mass is 398 g/mol. The zero-order valence-electron chi connectivity index (χ0n) is 17.6. The molecule has 0 saturated heterocycles. The molecule has 29 heavy (non-hydrogen) atoms. The Morgan fingerprint density at radius 1 is 0.828 bits per heavy atom. The number of allylic oxidation sites excluding steroid dienone is 1. The van der Waals surface area contributed by atoms with Crippen LogP contribution in [0.3, 0.4) is 0 Å². The van der Waals surface area contributed by atoms with Crippen molar-refractivity contribution >= 4 is 17.8 Å². The van der Waals surface area contributed by atoms with Crippen LogP contribution in [0.15, 0.2) is 42.5 Å². The van der Waals surface area contributed by atoms with Gasteiger partial charge in [0.25, 0.3) is 0 Å². The van der Waals surface area contributed by atoms with Crippen molar-refractivity contribution in [1.29, 1.82) is 0 Å². The van der Waals surface area contributed by atoms with Gasteiger partial charge < -0.3 is 18.9 Å². The maximum atomic E-state index is 12.5. The van der Waals surface area contributed by atoms with Crippen LogP contribution in [0.5, 0.6) is 23.0 Å². The average molecular weight is 398 g/mol. The van der Waals surface area contributed by atoms with Crippen LogP contribution in [0.2, 0.25) is 0 Å². The van der Waals surface area contributed by atoms with Crippen LogP contribution >= 0.6 is 0 Å². The SMILES string of the molecule is COc1ccc(C=CC(=O)c2ccc(OC(=O)C(C)(C)C)cc2)c(OC)c1OC. The molecule has 0 saturated carbocycles. The molecule has 0 bridgehead atoms. The molecule has 0 aromatic heterocycles. The van der Waals surface area contributed by atoms with E-state index in [1.54, 1.807) is 70.4 Å². The van der Waals surface area contributed by atoms with E-state index in [0.717, 1.165) is 0 Å². The summed E-state index contributed by atoms with van der Waals surface area (Å²) in [6.45, 7) is 5.33. The highest BCUT2D eigenvalue weighted by Gasteiger charge is 2.23. The van der Waals surface area contributed by atoms with Gasteiger partial charge in [0.2, 0.25) is 5.75 Å². The fourth-order valence-electron chi connectivity index (χ4n) is 2.46. The second kappa shape index (κ2) is 9.28. The molecule has 0 amide bonds. The Morgan fingerprint density at radius 2 is 1.45 bits per heavy atom. The van der Waals surface area contributed by atoms with Crippen molar-refractivity contribution in [2.24, 2.45) is 5.41 Å². The third-order valence-electron chi connectivity index (χ3n) is 4.11. The van der Waals surface area contributed by atoms with Gasteiger partial charge in [-0.3, -0.25) is 9.59 Å². The van der Waals surface area contributed by atoms with Crippen molar-refractivity contribution in [3.63, 3.8) is 0 Å². The van der Waals surface area contributed by atoms with Gasteiger partial charge >= 0.3 is 5.97 Å². The van der Waals surface area contributed by atoms with Crippen molar-refractivity contribution in [2.45, 2.75) is 20.8 Å². The molecular weight excluding hydrogens is 372 g/mol. The number of rotatable bonds is 7. The maximum absolute atomic E-state index is 12.5. The number of hydrogen-bond donors (Lipinski definition) is 0. The highest BCUT2D eigenvalue weighted by Crippen LogP contribution is 2.40.